The maximum atomic E-state index is 12.7. The molecule has 8 heteroatoms. The standard InChI is InChI=1S/C17H18ClN3O3S/c1-21(15-7-9-25(23,24)11-15)17(22)12-6-8-19-16(10-12)20-14-4-2-13(18)3-5-14/h2-6,8,10,15H,7,9,11H2,1H3,(H,19,20). The third kappa shape index (κ3) is 4.29. The molecular weight excluding hydrogens is 362 g/mol. The second kappa shape index (κ2) is 7.01. The molecule has 1 aliphatic heterocycles. The van der Waals surface area contributed by atoms with Crippen LogP contribution in [-0.4, -0.2) is 48.8 Å². The third-order valence-corrected chi connectivity index (χ3v) is 6.20. The van der Waals surface area contributed by atoms with Crippen LogP contribution in [0.4, 0.5) is 11.5 Å². The number of nitrogens with one attached hydrogen (secondary N) is 1. The van der Waals surface area contributed by atoms with Gasteiger partial charge in [0.2, 0.25) is 0 Å². The van der Waals surface area contributed by atoms with Gasteiger partial charge in [-0.05, 0) is 42.8 Å². The molecule has 0 saturated carbocycles. The molecule has 6 nitrogen and oxygen atoms in total. The van der Waals surface area contributed by atoms with Crippen molar-refractivity contribution in [3.8, 4) is 0 Å². The summed E-state index contributed by atoms with van der Waals surface area (Å²) in [5.41, 5.74) is 1.26. The molecule has 1 aliphatic rings. The van der Waals surface area contributed by atoms with E-state index in [4.69, 9.17) is 11.6 Å². The highest BCUT2D eigenvalue weighted by Crippen LogP contribution is 2.21. The molecule has 0 bridgehead atoms. The fourth-order valence-corrected chi connectivity index (χ4v) is 4.66. The van der Waals surface area contributed by atoms with Crippen LogP contribution in [0.25, 0.3) is 0 Å². The number of benzene rings is 1. The topological polar surface area (TPSA) is 79.4 Å². The van der Waals surface area contributed by atoms with Crippen LogP contribution in [0.2, 0.25) is 5.02 Å². The molecule has 1 aromatic carbocycles. The highest BCUT2D eigenvalue weighted by Gasteiger charge is 2.33. The minimum absolute atomic E-state index is 0.0240. The van der Waals surface area contributed by atoms with Crippen LogP contribution in [0.3, 0.4) is 0 Å². The lowest BCUT2D eigenvalue weighted by Gasteiger charge is -2.23. The average Bonchev–Trinajstić information content (AvgIpc) is 2.96. The van der Waals surface area contributed by atoms with Gasteiger partial charge in [0.1, 0.15) is 5.82 Å². The number of aromatic nitrogens is 1. The first-order valence-electron chi connectivity index (χ1n) is 7.80. The SMILES string of the molecule is CN(C(=O)c1ccnc(Nc2ccc(Cl)cc2)c1)C1CCS(=O)(=O)C1. The summed E-state index contributed by atoms with van der Waals surface area (Å²) < 4.78 is 23.2. The number of carbonyl (C=O) groups excluding carboxylic acids is 1. The largest absolute Gasteiger partial charge is 0.340 e. The maximum Gasteiger partial charge on any atom is 0.254 e. The fourth-order valence-electron chi connectivity index (χ4n) is 2.76. The molecule has 2 aromatic rings. The van der Waals surface area contributed by atoms with Crippen molar-refractivity contribution in [1.82, 2.24) is 9.88 Å². The Balaban J connectivity index is 1.74. The van der Waals surface area contributed by atoms with Crippen LogP contribution in [0.15, 0.2) is 42.6 Å². The number of nitrogens with zero attached hydrogens (tertiary/aromatic N) is 2. The molecule has 1 saturated heterocycles. The van der Waals surface area contributed by atoms with E-state index >= 15 is 0 Å². The van der Waals surface area contributed by atoms with E-state index < -0.39 is 9.84 Å². The highest BCUT2D eigenvalue weighted by atomic mass is 35.5. The lowest BCUT2D eigenvalue weighted by atomic mass is 10.1. The van der Waals surface area contributed by atoms with E-state index in [1.165, 1.54) is 4.90 Å². The second-order valence-electron chi connectivity index (χ2n) is 6.03. The second-order valence-corrected chi connectivity index (χ2v) is 8.70. The van der Waals surface area contributed by atoms with Crippen molar-refractivity contribution < 1.29 is 13.2 Å². The molecule has 2 heterocycles. The zero-order valence-electron chi connectivity index (χ0n) is 13.6. The molecule has 0 aliphatic carbocycles. The van der Waals surface area contributed by atoms with Gasteiger partial charge in [-0.2, -0.15) is 0 Å². The molecule has 0 radical (unpaired) electrons. The van der Waals surface area contributed by atoms with E-state index in [2.05, 4.69) is 10.3 Å². The molecule has 0 spiro atoms. The first-order chi connectivity index (χ1) is 11.8. The predicted octanol–water partition coefficient (Wildman–Crippen LogP) is 2.74. The molecule has 1 fully saturated rings. The van der Waals surface area contributed by atoms with Crippen LogP contribution < -0.4 is 5.32 Å². The summed E-state index contributed by atoms with van der Waals surface area (Å²) in [5.74, 6) is 0.467. The van der Waals surface area contributed by atoms with Crippen LogP contribution in [0.1, 0.15) is 16.8 Å². The van der Waals surface area contributed by atoms with Crippen LogP contribution >= 0.6 is 11.6 Å². The van der Waals surface area contributed by atoms with Gasteiger partial charge in [-0.3, -0.25) is 4.79 Å². The summed E-state index contributed by atoms with van der Waals surface area (Å²) in [6.45, 7) is 0. The van der Waals surface area contributed by atoms with E-state index in [-0.39, 0.29) is 23.5 Å². The van der Waals surface area contributed by atoms with Crippen molar-refractivity contribution in [2.45, 2.75) is 12.5 Å². The Hall–Kier alpha value is -2.12. The third-order valence-electron chi connectivity index (χ3n) is 4.20. The Morgan fingerprint density at radius 2 is 2.00 bits per heavy atom. The van der Waals surface area contributed by atoms with Gasteiger partial charge in [-0.15, -0.1) is 0 Å². The van der Waals surface area contributed by atoms with Crippen LogP contribution in [0.5, 0.6) is 0 Å². The van der Waals surface area contributed by atoms with Gasteiger partial charge < -0.3 is 10.2 Å². The zero-order chi connectivity index (χ0) is 18.0. The fraction of sp³-hybridized carbons (Fsp3) is 0.294. The summed E-state index contributed by atoms with van der Waals surface area (Å²) in [6.07, 6.45) is 2.02. The van der Waals surface area contributed by atoms with E-state index in [1.807, 2.05) is 12.1 Å². The van der Waals surface area contributed by atoms with Crippen molar-refractivity contribution in [2.24, 2.45) is 0 Å². The van der Waals surface area contributed by atoms with Crippen molar-refractivity contribution in [3.05, 3.63) is 53.2 Å². The summed E-state index contributed by atoms with van der Waals surface area (Å²) in [4.78, 5) is 18.4. The first kappa shape index (κ1) is 17.7. The normalized spacial score (nSPS) is 18.7. The lowest BCUT2D eigenvalue weighted by Crippen LogP contribution is -2.37. The molecular formula is C17H18ClN3O3S. The average molecular weight is 380 g/mol. The zero-order valence-corrected chi connectivity index (χ0v) is 15.2. The maximum absolute atomic E-state index is 12.7. The van der Waals surface area contributed by atoms with Crippen molar-refractivity contribution in [2.75, 3.05) is 23.9 Å². The summed E-state index contributed by atoms with van der Waals surface area (Å²) in [7, 11) is -1.40. The monoisotopic (exact) mass is 379 g/mol. The van der Waals surface area contributed by atoms with Gasteiger partial charge in [-0.25, -0.2) is 13.4 Å². The van der Waals surface area contributed by atoms with E-state index in [0.717, 1.165) is 5.69 Å². The van der Waals surface area contributed by atoms with Crippen molar-refractivity contribution in [1.29, 1.82) is 0 Å². The highest BCUT2D eigenvalue weighted by molar-refractivity contribution is 7.91. The molecule has 1 unspecified atom stereocenters. The van der Waals surface area contributed by atoms with E-state index in [0.29, 0.717) is 22.8 Å². The molecule has 1 N–H and O–H groups in total. The van der Waals surface area contributed by atoms with Gasteiger partial charge in [0.25, 0.3) is 5.91 Å². The van der Waals surface area contributed by atoms with Gasteiger partial charge in [-0.1, -0.05) is 11.6 Å². The molecule has 1 amide bonds. The molecule has 1 aromatic heterocycles. The minimum Gasteiger partial charge on any atom is -0.340 e. The van der Waals surface area contributed by atoms with Gasteiger partial charge in [0.15, 0.2) is 9.84 Å². The Morgan fingerprint density at radius 3 is 2.64 bits per heavy atom. The number of amides is 1. The molecule has 25 heavy (non-hydrogen) atoms. The van der Waals surface area contributed by atoms with E-state index in [1.54, 1.807) is 37.5 Å². The first-order valence-corrected chi connectivity index (χ1v) is 10.0. The lowest BCUT2D eigenvalue weighted by molar-refractivity contribution is 0.0747. The number of hydrogen-bond donors (Lipinski definition) is 1. The predicted molar refractivity (Wildman–Crippen MR) is 98.1 cm³/mol. The van der Waals surface area contributed by atoms with Gasteiger partial charge in [0.05, 0.1) is 11.5 Å². The number of pyridine rings is 1. The van der Waals surface area contributed by atoms with Gasteiger partial charge >= 0.3 is 0 Å². The quantitative estimate of drug-likeness (QED) is 0.883. The number of sulfone groups is 1. The number of carbonyl (C=O) groups is 1. The molecule has 3 rings (SSSR count). The van der Waals surface area contributed by atoms with E-state index in [9.17, 15) is 13.2 Å². The van der Waals surface area contributed by atoms with Gasteiger partial charge in [0, 0.05) is 35.6 Å². The number of hydrogen-bond acceptors (Lipinski definition) is 5. The van der Waals surface area contributed by atoms with Crippen LogP contribution in [-0.2, 0) is 9.84 Å². The number of anilines is 2. The molecule has 132 valence electrons. The van der Waals surface area contributed by atoms with Crippen LogP contribution in [0, 0.1) is 0 Å². The Kier molecular flexibility index (Phi) is 4.96. The number of rotatable bonds is 4. The minimum atomic E-state index is -3.04. The smallest absolute Gasteiger partial charge is 0.254 e. The Morgan fingerprint density at radius 1 is 1.28 bits per heavy atom. The van der Waals surface area contributed by atoms with Crippen molar-refractivity contribution in [3.63, 3.8) is 0 Å². The summed E-state index contributed by atoms with van der Waals surface area (Å²) >= 11 is 5.86. The Labute approximate surface area is 151 Å². The Bertz CT molecular complexity index is 884. The summed E-state index contributed by atoms with van der Waals surface area (Å²) in [6, 6.07) is 10.1. The molecule has 1 atom stereocenters. The summed E-state index contributed by atoms with van der Waals surface area (Å²) in [5, 5.41) is 3.75. The number of halogens is 1. The van der Waals surface area contributed by atoms with Crippen molar-refractivity contribution >= 4 is 38.9 Å².